The number of rotatable bonds is 5. The van der Waals surface area contributed by atoms with Crippen molar-refractivity contribution in [2.24, 2.45) is 0 Å². The zero-order valence-electron chi connectivity index (χ0n) is 16.8. The predicted molar refractivity (Wildman–Crippen MR) is 115 cm³/mol. The van der Waals surface area contributed by atoms with Gasteiger partial charge in [0.15, 0.2) is 0 Å². The van der Waals surface area contributed by atoms with Gasteiger partial charge in [-0.2, -0.15) is 0 Å². The molecule has 5 nitrogen and oxygen atoms in total. The normalized spacial score (nSPS) is 12.4. The standard InChI is InChI=1S/C20H23N.C4H4O4/c1-21(2)15-7-12-20-18-10-5-3-8-16(18)13-14-17-9-4-6-11-19(17)20;5-3(6)1-2-4(7)8/h3-6,8-12H,7,13-15H2,1-2H3;1-2H,(H,5,6)(H,7,8)/b;2-1-. The summed E-state index contributed by atoms with van der Waals surface area (Å²) in [5.41, 5.74) is 7.21. The van der Waals surface area contributed by atoms with Gasteiger partial charge in [-0.25, -0.2) is 9.59 Å². The van der Waals surface area contributed by atoms with E-state index in [-0.39, 0.29) is 0 Å². The fourth-order valence-electron chi connectivity index (χ4n) is 3.25. The highest BCUT2D eigenvalue weighted by atomic mass is 16.4. The Balaban J connectivity index is 0.000000321. The Hall–Kier alpha value is -3.18. The highest BCUT2D eigenvalue weighted by Crippen LogP contribution is 2.33. The second-order valence-corrected chi connectivity index (χ2v) is 7.03. The third-order valence-corrected chi connectivity index (χ3v) is 4.57. The maximum Gasteiger partial charge on any atom is 0.328 e. The first-order valence-corrected chi connectivity index (χ1v) is 9.54. The van der Waals surface area contributed by atoms with E-state index < -0.39 is 11.9 Å². The number of nitrogens with zero attached hydrogens (tertiary/aromatic N) is 1. The fraction of sp³-hybridized carbons (Fsp3) is 0.250. The summed E-state index contributed by atoms with van der Waals surface area (Å²) >= 11 is 0. The Kier molecular flexibility index (Phi) is 8.37. The Bertz CT molecular complexity index is 847. The largest absolute Gasteiger partial charge is 0.478 e. The van der Waals surface area contributed by atoms with Gasteiger partial charge < -0.3 is 15.1 Å². The predicted octanol–water partition coefficient (Wildman–Crippen LogP) is 3.88. The van der Waals surface area contributed by atoms with E-state index in [1.54, 1.807) is 0 Å². The third kappa shape index (κ3) is 7.05. The van der Waals surface area contributed by atoms with Crippen molar-refractivity contribution in [3.63, 3.8) is 0 Å². The first kappa shape index (κ1) is 22.1. The van der Waals surface area contributed by atoms with Crippen LogP contribution in [0.3, 0.4) is 0 Å². The fourth-order valence-corrected chi connectivity index (χ4v) is 3.25. The van der Waals surface area contributed by atoms with Gasteiger partial charge in [0.05, 0.1) is 0 Å². The molecule has 0 heterocycles. The molecule has 2 aromatic carbocycles. The van der Waals surface area contributed by atoms with Crippen LogP contribution in [0, 0.1) is 0 Å². The van der Waals surface area contributed by atoms with Crippen LogP contribution in [0.15, 0.2) is 66.8 Å². The van der Waals surface area contributed by atoms with Crippen molar-refractivity contribution in [1.29, 1.82) is 0 Å². The van der Waals surface area contributed by atoms with Gasteiger partial charge in [-0.3, -0.25) is 0 Å². The molecule has 29 heavy (non-hydrogen) atoms. The number of benzene rings is 2. The van der Waals surface area contributed by atoms with Gasteiger partial charge in [0, 0.05) is 18.7 Å². The van der Waals surface area contributed by atoms with E-state index in [9.17, 15) is 9.59 Å². The van der Waals surface area contributed by atoms with Gasteiger partial charge in [0.25, 0.3) is 0 Å². The molecule has 1 aliphatic rings. The number of hydrogen-bond donors (Lipinski definition) is 2. The molecule has 0 atom stereocenters. The second-order valence-electron chi connectivity index (χ2n) is 7.03. The monoisotopic (exact) mass is 393 g/mol. The summed E-state index contributed by atoms with van der Waals surface area (Å²) in [4.78, 5) is 21.3. The van der Waals surface area contributed by atoms with Crippen molar-refractivity contribution in [1.82, 2.24) is 4.90 Å². The summed E-state index contributed by atoms with van der Waals surface area (Å²) in [6.45, 7) is 1.09. The number of carboxylic acid groups (broad SMARTS) is 2. The molecule has 0 bridgehead atoms. The Morgan fingerprint density at radius 1 is 0.862 bits per heavy atom. The molecule has 2 N–H and O–H groups in total. The highest BCUT2D eigenvalue weighted by molar-refractivity contribution is 5.89. The molecule has 2 aromatic rings. The molecule has 5 heteroatoms. The van der Waals surface area contributed by atoms with Crippen LogP contribution in [0.2, 0.25) is 0 Å². The van der Waals surface area contributed by atoms with Crippen molar-refractivity contribution in [3.8, 4) is 0 Å². The average Bonchev–Trinajstić information content (AvgIpc) is 2.84. The minimum atomic E-state index is -1.26. The Labute approximate surface area is 171 Å². The number of aliphatic carboxylic acids is 2. The van der Waals surface area contributed by atoms with E-state index in [1.165, 1.54) is 27.8 Å². The summed E-state index contributed by atoms with van der Waals surface area (Å²) in [5, 5.41) is 15.6. The average molecular weight is 393 g/mol. The summed E-state index contributed by atoms with van der Waals surface area (Å²) in [6.07, 6.45) is 6.90. The zero-order chi connectivity index (χ0) is 21.2. The van der Waals surface area contributed by atoms with Crippen LogP contribution in [-0.4, -0.2) is 47.7 Å². The lowest BCUT2D eigenvalue weighted by Gasteiger charge is -2.13. The van der Waals surface area contributed by atoms with Gasteiger partial charge in [0.2, 0.25) is 0 Å². The van der Waals surface area contributed by atoms with Gasteiger partial charge >= 0.3 is 11.9 Å². The number of hydrogen-bond acceptors (Lipinski definition) is 3. The lowest BCUT2D eigenvalue weighted by atomic mass is 9.93. The molecule has 1 aliphatic carbocycles. The topological polar surface area (TPSA) is 77.8 Å². The molecule has 0 saturated carbocycles. The molecule has 0 aromatic heterocycles. The van der Waals surface area contributed by atoms with Crippen LogP contribution in [0.1, 0.15) is 28.7 Å². The number of aryl methyl sites for hydroxylation is 2. The number of carboxylic acids is 2. The molecular weight excluding hydrogens is 366 g/mol. The minimum absolute atomic E-state index is 0.558. The molecule has 0 spiro atoms. The quantitative estimate of drug-likeness (QED) is 0.754. The highest BCUT2D eigenvalue weighted by Gasteiger charge is 2.16. The third-order valence-electron chi connectivity index (χ3n) is 4.57. The van der Waals surface area contributed by atoms with E-state index >= 15 is 0 Å². The molecule has 152 valence electrons. The van der Waals surface area contributed by atoms with Gasteiger partial charge in [0.1, 0.15) is 0 Å². The minimum Gasteiger partial charge on any atom is -0.478 e. The van der Waals surface area contributed by atoms with Crippen LogP contribution >= 0.6 is 0 Å². The summed E-state index contributed by atoms with van der Waals surface area (Å²) in [7, 11) is 4.26. The SMILES string of the molecule is CN(C)CCC=C1c2ccccc2CCc2ccccc21.O=C(O)/C=C\C(=O)O. The summed E-state index contributed by atoms with van der Waals surface area (Å²) < 4.78 is 0. The van der Waals surface area contributed by atoms with Crippen LogP contribution < -0.4 is 0 Å². The molecule has 0 fully saturated rings. The van der Waals surface area contributed by atoms with Gasteiger partial charge in [-0.15, -0.1) is 0 Å². The van der Waals surface area contributed by atoms with Crippen molar-refractivity contribution in [3.05, 3.63) is 89.0 Å². The lowest BCUT2D eigenvalue weighted by Crippen LogP contribution is -2.12. The molecular formula is C24H27NO4. The molecule has 0 radical (unpaired) electrons. The van der Waals surface area contributed by atoms with E-state index in [0.717, 1.165) is 25.8 Å². The van der Waals surface area contributed by atoms with E-state index in [4.69, 9.17) is 10.2 Å². The first-order chi connectivity index (χ1) is 13.9. The second kappa shape index (κ2) is 11.0. The zero-order valence-corrected chi connectivity index (χ0v) is 16.8. The van der Waals surface area contributed by atoms with Crippen LogP contribution in [0.4, 0.5) is 0 Å². The van der Waals surface area contributed by atoms with E-state index in [1.807, 2.05) is 0 Å². The summed E-state index contributed by atoms with van der Waals surface area (Å²) in [6, 6.07) is 17.7. The Morgan fingerprint density at radius 2 is 1.31 bits per heavy atom. The first-order valence-electron chi connectivity index (χ1n) is 9.54. The maximum atomic E-state index is 9.55. The van der Waals surface area contributed by atoms with Crippen molar-refractivity contribution >= 4 is 17.5 Å². The van der Waals surface area contributed by atoms with Crippen molar-refractivity contribution < 1.29 is 19.8 Å². The van der Waals surface area contributed by atoms with Gasteiger partial charge in [-0.05, 0) is 61.2 Å². The van der Waals surface area contributed by atoms with Gasteiger partial charge in [-0.1, -0.05) is 54.6 Å². The van der Waals surface area contributed by atoms with E-state index in [2.05, 4.69) is 73.6 Å². The van der Waals surface area contributed by atoms with Crippen molar-refractivity contribution in [2.45, 2.75) is 19.3 Å². The molecule has 0 unspecified atom stereocenters. The number of fused-ring (bicyclic) bond motifs is 2. The maximum absolute atomic E-state index is 9.55. The van der Waals surface area contributed by atoms with Crippen molar-refractivity contribution in [2.75, 3.05) is 20.6 Å². The van der Waals surface area contributed by atoms with Crippen LogP contribution in [0.25, 0.3) is 5.57 Å². The number of carbonyl (C=O) groups is 2. The molecule has 3 rings (SSSR count). The van der Waals surface area contributed by atoms with Crippen LogP contribution in [0.5, 0.6) is 0 Å². The molecule has 0 saturated heterocycles. The molecule has 0 aliphatic heterocycles. The lowest BCUT2D eigenvalue weighted by molar-refractivity contribution is -0.134. The van der Waals surface area contributed by atoms with E-state index in [0.29, 0.717) is 12.2 Å². The summed E-state index contributed by atoms with van der Waals surface area (Å²) in [5.74, 6) is -2.51. The molecule has 0 amide bonds. The Morgan fingerprint density at radius 3 is 1.72 bits per heavy atom. The van der Waals surface area contributed by atoms with Crippen LogP contribution in [-0.2, 0) is 22.4 Å². The smallest absolute Gasteiger partial charge is 0.328 e.